The molecule has 0 bridgehead atoms. The maximum absolute atomic E-state index is 12.2. The molecule has 0 aliphatic carbocycles. The Balaban J connectivity index is 1.82. The molecule has 0 atom stereocenters. The summed E-state index contributed by atoms with van der Waals surface area (Å²) in [7, 11) is 1.49. The Kier molecular flexibility index (Phi) is 5.38. The predicted octanol–water partition coefficient (Wildman–Crippen LogP) is 3.51. The zero-order chi connectivity index (χ0) is 18.5. The number of ether oxygens (including phenoxy) is 2. The van der Waals surface area contributed by atoms with Crippen molar-refractivity contribution in [1.82, 2.24) is 5.32 Å². The van der Waals surface area contributed by atoms with E-state index in [-0.39, 0.29) is 5.91 Å². The minimum atomic E-state index is -0.429. The summed E-state index contributed by atoms with van der Waals surface area (Å²) in [5.74, 6) is 0.0998. The van der Waals surface area contributed by atoms with Crippen molar-refractivity contribution < 1.29 is 19.1 Å². The average molecular weight is 368 g/mol. The summed E-state index contributed by atoms with van der Waals surface area (Å²) in [5, 5.41) is 3.27. The lowest BCUT2D eigenvalue weighted by atomic mass is 10.2. The number of carbonyl (C=O) groups is 2. The summed E-state index contributed by atoms with van der Waals surface area (Å²) >= 11 is 1.26. The highest BCUT2D eigenvalue weighted by molar-refractivity contribution is 8.18. The van der Waals surface area contributed by atoms with Crippen LogP contribution < -0.4 is 14.8 Å². The maximum atomic E-state index is 12.2. The molecular formula is C19H16N2O4S. The molecule has 1 amide bonds. The molecule has 132 valence electrons. The SMILES string of the molecule is COc1cc(/C=C2\SC(=Nc3ccccc3)NC2=O)ccc1OC(C)=O. The topological polar surface area (TPSA) is 77.0 Å². The van der Waals surface area contributed by atoms with Crippen molar-refractivity contribution in [1.29, 1.82) is 0 Å². The van der Waals surface area contributed by atoms with Crippen molar-refractivity contribution in [3.63, 3.8) is 0 Å². The Bertz CT molecular complexity index is 907. The summed E-state index contributed by atoms with van der Waals surface area (Å²) in [5.41, 5.74) is 1.51. The molecule has 1 N–H and O–H groups in total. The first kappa shape index (κ1) is 17.8. The van der Waals surface area contributed by atoms with Crippen LogP contribution in [-0.4, -0.2) is 24.2 Å². The fourth-order valence-electron chi connectivity index (χ4n) is 2.26. The van der Waals surface area contributed by atoms with Gasteiger partial charge in [0, 0.05) is 6.92 Å². The third-order valence-electron chi connectivity index (χ3n) is 3.38. The zero-order valence-electron chi connectivity index (χ0n) is 14.2. The Morgan fingerprint density at radius 2 is 1.92 bits per heavy atom. The number of esters is 1. The lowest BCUT2D eigenvalue weighted by molar-refractivity contribution is -0.132. The van der Waals surface area contributed by atoms with E-state index < -0.39 is 5.97 Å². The van der Waals surface area contributed by atoms with Gasteiger partial charge in [-0.25, -0.2) is 4.99 Å². The van der Waals surface area contributed by atoms with Gasteiger partial charge in [-0.1, -0.05) is 24.3 Å². The number of methoxy groups -OCH3 is 1. The fourth-order valence-corrected chi connectivity index (χ4v) is 3.11. The number of aliphatic imine (C=N–C) groups is 1. The minimum absolute atomic E-state index is 0.215. The molecule has 1 fully saturated rings. The van der Waals surface area contributed by atoms with Crippen LogP contribution in [-0.2, 0) is 9.59 Å². The molecule has 0 aromatic heterocycles. The molecule has 0 radical (unpaired) electrons. The molecule has 2 aromatic rings. The number of thioether (sulfide) groups is 1. The number of para-hydroxylation sites is 1. The second kappa shape index (κ2) is 7.88. The number of amides is 1. The Morgan fingerprint density at radius 1 is 1.15 bits per heavy atom. The van der Waals surface area contributed by atoms with Gasteiger partial charge in [0.1, 0.15) is 0 Å². The van der Waals surface area contributed by atoms with Crippen molar-refractivity contribution in [3.05, 3.63) is 59.0 Å². The lowest BCUT2D eigenvalue weighted by Crippen LogP contribution is -2.19. The number of rotatable bonds is 4. The van der Waals surface area contributed by atoms with E-state index in [4.69, 9.17) is 9.47 Å². The highest BCUT2D eigenvalue weighted by atomic mass is 32.2. The van der Waals surface area contributed by atoms with Crippen molar-refractivity contribution in [2.45, 2.75) is 6.92 Å². The molecule has 1 saturated heterocycles. The molecule has 2 aromatic carbocycles. The monoisotopic (exact) mass is 368 g/mol. The molecule has 3 rings (SSSR count). The van der Waals surface area contributed by atoms with E-state index in [1.54, 1.807) is 24.3 Å². The van der Waals surface area contributed by atoms with Crippen LogP contribution in [0.5, 0.6) is 11.5 Å². The highest BCUT2D eigenvalue weighted by Gasteiger charge is 2.24. The Labute approximate surface area is 154 Å². The van der Waals surface area contributed by atoms with Crippen molar-refractivity contribution in [3.8, 4) is 11.5 Å². The maximum Gasteiger partial charge on any atom is 0.308 e. The first-order chi connectivity index (χ1) is 12.5. The molecule has 0 saturated carbocycles. The summed E-state index contributed by atoms with van der Waals surface area (Å²) in [6.07, 6.45) is 1.73. The van der Waals surface area contributed by atoms with Crippen LogP contribution in [0.1, 0.15) is 12.5 Å². The third-order valence-corrected chi connectivity index (χ3v) is 4.29. The number of hydrogen-bond acceptors (Lipinski definition) is 6. The van der Waals surface area contributed by atoms with Gasteiger partial charge >= 0.3 is 5.97 Å². The Morgan fingerprint density at radius 3 is 2.62 bits per heavy atom. The molecular weight excluding hydrogens is 352 g/mol. The summed E-state index contributed by atoms with van der Waals surface area (Å²) in [6.45, 7) is 1.32. The van der Waals surface area contributed by atoms with Gasteiger partial charge in [0.25, 0.3) is 5.91 Å². The number of amidine groups is 1. The smallest absolute Gasteiger partial charge is 0.308 e. The van der Waals surface area contributed by atoms with Gasteiger partial charge in [-0.15, -0.1) is 0 Å². The first-order valence-electron chi connectivity index (χ1n) is 7.76. The van der Waals surface area contributed by atoms with Crippen molar-refractivity contribution in [2.75, 3.05) is 7.11 Å². The minimum Gasteiger partial charge on any atom is -0.493 e. The van der Waals surface area contributed by atoms with Crippen LogP contribution in [0.4, 0.5) is 5.69 Å². The van der Waals surface area contributed by atoms with Gasteiger partial charge in [-0.2, -0.15) is 0 Å². The quantitative estimate of drug-likeness (QED) is 0.508. The van der Waals surface area contributed by atoms with Crippen LogP contribution in [0, 0.1) is 0 Å². The van der Waals surface area contributed by atoms with Crippen LogP contribution in [0.2, 0.25) is 0 Å². The number of benzene rings is 2. The van der Waals surface area contributed by atoms with E-state index in [9.17, 15) is 9.59 Å². The summed E-state index contributed by atoms with van der Waals surface area (Å²) < 4.78 is 10.3. The van der Waals surface area contributed by atoms with Gasteiger partial charge in [0.15, 0.2) is 16.7 Å². The number of hydrogen-bond donors (Lipinski definition) is 1. The van der Waals surface area contributed by atoms with E-state index in [1.165, 1.54) is 25.8 Å². The van der Waals surface area contributed by atoms with E-state index in [0.29, 0.717) is 21.6 Å². The van der Waals surface area contributed by atoms with Crippen molar-refractivity contribution in [2.24, 2.45) is 4.99 Å². The molecule has 0 unspecified atom stereocenters. The lowest BCUT2D eigenvalue weighted by Gasteiger charge is -2.08. The summed E-state index contributed by atoms with van der Waals surface area (Å²) in [4.78, 5) is 28.2. The highest BCUT2D eigenvalue weighted by Crippen LogP contribution is 2.32. The van der Waals surface area contributed by atoms with Gasteiger partial charge in [0.2, 0.25) is 0 Å². The number of carbonyl (C=O) groups excluding carboxylic acids is 2. The molecule has 0 spiro atoms. The fraction of sp³-hybridized carbons (Fsp3) is 0.105. The second-order valence-corrected chi connectivity index (χ2v) is 6.35. The number of nitrogens with one attached hydrogen (secondary N) is 1. The number of nitrogens with zero attached hydrogens (tertiary/aromatic N) is 1. The van der Waals surface area contributed by atoms with E-state index >= 15 is 0 Å². The van der Waals surface area contributed by atoms with Crippen molar-refractivity contribution >= 4 is 40.6 Å². The van der Waals surface area contributed by atoms with Crippen LogP contribution in [0.3, 0.4) is 0 Å². The Hall–Kier alpha value is -3.06. The van der Waals surface area contributed by atoms with Gasteiger partial charge in [-0.3, -0.25) is 9.59 Å². The second-order valence-electron chi connectivity index (χ2n) is 5.32. The normalized spacial score (nSPS) is 16.6. The summed E-state index contributed by atoms with van der Waals surface area (Å²) in [6, 6.07) is 14.5. The first-order valence-corrected chi connectivity index (χ1v) is 8.58. The van der Waals surface area contributed by atoms with E-state index in [1.807, 2.05) is 30.3 Å². The average Bonchev–Trinajstić information content (AvgIpc) is 2.95. The van der Waals surface area contributed by atoms with Crippen LogP contribution in [0.25, 0.3) is 6.08 Å². The van der Waals surface area contributed by atoms with Gasteiger partial charge in [-0.05, 0) is 47.7 Å². The van der Waals surface area contributed by atoms with E-state index in [0.717, 1.165) is 11.3 Å². The third kappa shape index (κ3) is 4.31. The van der Waals surface area contributed by atoms with Gasteiger partial charge in [0.05, 0.1) is 17.7 Å². The van der Waals surface area contributed by atoms with Crippen LogP contribution in [0.15, 0.2) is 58.4 Å². The molecule has 26 heavy (non-hydrogen) atoms. The zero-order valence-corrected chi connectivity index (χ0v) is 15.0. The molecule has 1 heterocycles. The standard InChI is InChI=1S/C19H16N2O4S/c1-12(22)25-15-9-8-13(10-16(15)24-2)11-17-18(23)21-19(26-17)20-14-6-4-3-5-7-14/h3-11H,1-2H3,(H,20,21,23)/b17-11-. The predicted molar refractivity (Wildman–Crippen MR) is 102 cm³/mol. The molecule has 1 aliphatic rings. The molecule has 6 nitrogen and oxygen atoms in total. The largest absolute Gasteiger partial charge is 0.493 e. The molecule has 1 aliphatic heterocycles. The van der Waals surface area contributed by atoms with E-state index in [2.05, 4.69) is 10.3 Å². The molecule has 7 heteroatoms. The van der Waals surface area contributed by atoms with Crippen LogP contribution >= 0.6 is 11.8 Å². The van der Waals surface area contributed by atoms with Gasteiger partial charge < -0.3 is 14.8 Å².